The van der Waals surface area contributed by atoms with E-state index in [9.17, 15) is 4.79 Å². The highest BCUT2D eigenvalue weighted by Gasteiger charge is 2.24. The van der Waals surface area contributed by atoms with Gasteiger partial charge < -0.3 is 9.73 Å². The van der Waals surface area contributed by atoms with Gasteiger partial charge in [-0.25, -0.2) is 4.79 Å². The lowest BCUT2D eigenvalue weighted by atomic mass is 9.93. The Bertz CT molecular complexity index is 1010. The SMILES string of the molecule is N#Cc1ccc(CSc2nnc(NC(=O)NC3CCCc4occc43)s2)cc1. The number of nitriles is 1. The van der Waals surface area contributed by atoms with Crippen molar-refractivity contribution in [3.05, 3.63) is 59.0 Å². The van der Waals surface area contributed by atoms with E-state index < -0.39 is 0 Å². The maximum Gasteiger partial charge on any atom is 0.321 e. The highest BCUT2D eigenvalue weighted by molar-refractivity contribution is 8.00. The van der Waals surface area contributed by atoms with Crippen LogP contribution in [0.15, 0.2) is 45.4 Å². The van der Waals surface area contributed by atoms with Gasteiger partial charge in [-0.05, 0) is 36.6 Å². The van der Waals surface area contributed by atoms with Crippen LogP contribution in [0.3, 0.4) is 0 Å². The molecule has 0 bridgehead atoms. The van der Waals surface area contributed by atoms with Crippen LogP contribution >= 0.6 is 23.1 Å². The van der Waals surface area contributed by atoms with Crippen molar-refractivity contribution < 1.29 is 9.21 Å². The number of amides is 2. The number of rotatable bonds is 5. The van der Waals surface area contributed by atoms with Crippen molar-refractivity contribution in [3.8, 4) is 6.07 Å². The van der Waals surface area contributed by atoms with E-state index in [0.29, 0.717) is 10.7 Å². The van der Waals surface area contributed by atoms with Crippen LogP contribution in [0.1, 0.15) is 41.3 Å². The first kappa shape index (κ1) is 18.5. The zero-order valence-corrected chi connectivity index (χ0v) is 16.5. The number of hydrogen-bond donors (Lipinski definition) is 2. The zero-order chi connectivity index (χ0) is 19.3. The fraction of sp³-hybridized carbons (Fsp3) is 0.263. The molecule has 3 aromatic rings. The number of fused-ring (bicyclic) bond motifs is 1. The lowest BCUT2D eigenvalue weighted by molar-refractivity contribution is 0.246. The molecule has 0 radical (unpaired) electrons. The summed E-state index contributed by atoms with van der Waals surface area (Å²) in [6.45, 7) is 0. The van der Waals surface area contributed by atoms with E-state index in [1.54, 1.807) is 30.2 Å². The smallest absolute Gasteiger partial charge is 0.321 e. The third-order valence-electron chi connectivity index (χ3n) is 4.43. The number of benzene rings is 1. The monoisotopic (exact) mass is 411 g/mol. The highest BCUT2D eigenvalue weighted by atomic mass is 32.2. The van der Waals surface area contributed by atoms with Crippen molar-refractivity contribution in [3.63, 3.8) is 0 Å². The molecular formula is C19H17N5O2S2. The molecule has 1 atom stereocenters. The van der Waals surface area contributed by atoms with Gasteiger partial charge in [-0.1, -0.05) is 35.2 Å². The van der Waals surface area contributed by atoms with Gasteiger partial charge in [0.05, 0.1) is 23.9 Å². The highest BCUT2D eigenvalue weighted by Crippen LogP contribution is 2.31. The normalized spacial score (nSPS) is 15.5. The number of hydrogen-bond acceptors (Lipinski definition) is 7. The molecule has 0 saturated carbocycles. The lowest BCUT2D eigenvalue weighted by Crippen LogP contribution is -2.34. The number of urea groups is 1. The maximum absolute atomic E-state index is 12.3. The van der Waals surface area contributed by atoms with Crippen LogP contribution < -0.4 is 10.6 Å². The Labute approximate surface area is 170 Å². The molecule has 0 spiro atoms. The summed E-state index contributed by atoms with van der Waals surface area (Å²) in [6, 6.07) is 11.1. The third-order valence-corrected chi connectivity index (χ3v) is 6.47. The van der Waals surface area contributed by atoms with E-state index in [-0.39, 0.29) is 12.1 Å². The molecule has 1 aliphatic rings. The van der Waals surface area contributed by atoms with E-state index in [0.717, 1.165) is 46.2 Å². The maximum atomic E-state index is 12.3. The molecule has 1 unspecified atom stereocenters. The third kappa shape index (κ3) is 4.35. The van der Waals surface area contributed by atoms with Gasteiger partial charge in [0.2, 0.25) is 5.13 Å². The summed E-state index contributed by atoms with van der Waals surface area (Å²) < 4.78 is 6.23. The molecule has 4 rings (SSSR count). The molecule has 28 heavy (non-hydrogen) atoms. The summed E-state index contributed by atoms with van der Waals surface area (Å²) in [5.41, 5.74) is 2.79. The van der Waals surface area contributed by atoms with Crippen LogP contribution in [0.25, 0.3) is 0 Å². The largest absolute Gasteiger partial charge is 0.469 e. The molecule has 9 heteroatoms. The summed E-state index contributed by atoms with van der Waals surface area (Å²) in [6.07, 6.45) is 4.46. The van der Waals surface area contributed by atoms with Gasteiger partial charge in [-0.15, -0.1) is 10.2 Å². The summed E-state index contributed by atoms with van der Waals surface area (Å²) in [4.78, 5) is 12.3. The first-order valence-electron chi connectivity index (χ1n) is 8.80. The number of aromatic nitrogens is 2. The zero-order valence-electron chi connectivity index (χ0n) is 14.8. The predicted molar refractivity (Wildman–Crippen MR) is 107 cm³/mol. The molecule has 0 aliphatic heterocycles. The minimum absolute atomic E-state index is 0.0411. The van der Waals surface area contributed by atoms with E-state index in [2.05, 4.69) is 26.9 Å². The van der Waals surface area contributed by atoms with Crippen LogP contribution in [-0.2, 0) is 12.2 Å². The standard InChI is InChI=1S/C19H17N5O2S2/c20-10-12-4-6-13(7-5-12)11-27-19-24-23-18(28-19)22-17(25)21-15-2-1-3-16-14(15)8-9-26-16/h4-9,15H,1-3,11H2,(H2,21,22,23,25). The summed E-state index contributed by atoms with van der Waals surface area (Å²) >= 11 is 2.88. The van der Waals surface area contributed by atoms with Crippen molar-refractivity contribution in [2.75, 3.05) is 5.32 Å². The Morgan fingerprint density at radius 1 is 1.32 bits per heavy atom. The number of nitrogens with one attached hydrogen (secondary N) is 2. The van der Waals surface area contributed by atoms with Crippen LogP contribution in [0.5, 0.6) is 0 Å². The van der Waals surface area contributed by atoms with E-state index >= 15 is 0 Å². The minimum Gasteiger partial charge on any atom is -0.469 e. The number of thioether (sulfide) groups is 1. The molecule has 2 aromatic heterocycles. The van der Waals surface area contributed by atoms with Gasteiger partial charge in [0.1, 0.15) is 5.76 Å². The Hall–Kier alpha value is -2.83. The fourth-order valence-corrected chi connectivity index (χ4v) is 4.77. The molecule has 7 nitrogen and oxygen atoms in total. The first-order chi connectivity index (χ1) is 13.7. The number of anilines is 1. The molecule has 1 aliphatic carbocycles. The minimum atomic E-state index is -0.293. The van der Waals surface area contributed by atoms with Gasteiger partial charge in [0, 0.05) is 17.7 Å². The van der Waals surface area contributed by atoms with Crippen molar-refractivity contribution in [1.82, 2.24) is 15.5 Å². The number of carbonyl (C=O) groups is 1. The summed E-state index contributed by atoms with van der Waals surface area (Å²) in [7, 11) is 0. The Morgan fingerprint density at radius 3 is 3.00 bits per heavy atom. The first-order valence-corrected chi connectivity index (χ1v) is 10.6. The van der Waals surface area contributed by atoms with Crippen LogP contribution in [0, 0.1) is 11.3 Å². The van der Waals surface area contributed by atoms with Gasteiger partial charge in [0.25, 0.3) is 0 Å². The lowest BCUT2D eigenvalue weighted by Gasteiger charge is -2.22. The molecule has 142 valence electrons. The summed E-state index contributed by atoms with van der Waals surface area (Å²) in [5.74, 6) is 1.67. The second-order valence-corrected chi connectivity index (χ2v) is 8.51. The topological polar surface area (TPSA) is 104 Å². The van der Waals surface area contributed by atoms with Crippen LogP contribution in [0.4, 0.5) is 9.93 Å². The van der Waals surface area contributed by atoms with Crippen LogP contribution in [-0.4, -0.2) is 16.2 Å². The molecule has 0 fully saturated rings. The average molecular weight is 412 g/mol. The fourth-order valence-electron chi connectivity index (χ4n) is 3.07. The molecule has 2 heterocycles. The predicted octanol–water partition coefficient (Wildman–Crippen LogP) is 4.49. The number of furan rings is 1. The van der Waals surface area contributed by atoms with E-state index in [1.807, 2.05) is 18.2 Å². The molecular weight excluding hydrogens is 394 g/mol. The van der Waals surface area contributed by atoms with Gasteiger partial charge in [0.15, 0.2) is 4.34 Å². The summed E-state index contributed by atoms with van der Waals surface area (Å²) in [5, 5.41) is 23.2. The van der Waals surface area contributed by atoms with Gasteiger partial charge in [-0.3, -0.25) is 5.32 Å². The average Bonchev–Trinajstić information content (AvgIpc) is 3.36. The Morgan fingerprint density at radius 2 is 2.18 bits per heavy atom. The Balaban J connectivity index is 1.30. The second kappa shape index (κ2) is 8.46. The van der Waals surface area contributed by atoms with Gasteiger partial charge >= 0.3 is 6.03 Å². The number of aryl methyl sites for hydroxylation is 1. The molecule has 1 aromatic carbocycles. The van der Waals surface area contributed by atoms with E-state index in [1.165, 1.54) is 11.3 Å². The quantitative estimate of drug-likeness (QED) is 0.473. The Kier molecular flexibility index (Phi) is 5.60. The molecule has 0 saturated heterocycles. The van der Waals surface area contributed by atoms with Crippen molar-refractivity contribution in [2.24, 2.45) is 0 Å². The van der Waals surface area contributed by atoms with Gasteiger partial charge in [-0.2, -0.15) is 5.26 Å². The molecule has 2 amide bonds. The van der Waals surface area contributed by atoms with Crippen molar-refractivity contribution in [2.45, 2.75) is 35.4 Å². The van der Waals surface area contributed by atoms with Crippen LogP contribution in [0.2, 0.25) is 0 Å². The van der Waals surface area contributed by atoms with Crippen molar-refractivity contribution >= 4 is 34.3 Å². The molecule has 2 N–H and O–H groups in total. The number of nitrogens with zero attached hydrogens (tertiary/aromatic N) is 3. The van der Waals surface area contributed by atoms with E-state index in [4.69, 9.17) is 9.68 Å². The number of carbonyl (C=O) groups excluding carboxylic acids is 1. The van der Waals surface area contributed by atoms with Crippen molar-refractivity contribution in [1.29, 1.82) is 5.26 Å². The second-order valence-electron chi connectivity index (χ2n) is 6.31.